The van der Waals surface area contributed by atoms with E-state index in [0.29, 0.717) is 0 Å². The molecule has 11 aromatic rings. The number of benzene rings is 11. The SMILES string of the molecule is Cc1cccc(N(c2ccccc2)c2ccc(N(c3ccccc3)c3ccc(-c4ccc(-c5ccc(N(c6ccccc6)c6ccc(N(c7ccccc7)c7cccc(C)c7)cc6)cc5)cc4)cc3)cc2)c1. The predicted molar refractivity (Wildman–Crippen MR) is 306 cm³/mol. The Kier molecular flexibility index (Phi) is 13.0. The number of anilines is 12. The van der Waals surface area contributed by atoms with Crippen molar-refractivity contribution in [2.75, 3.05) is 19.6 Å². The molecule has 0 unspecified atom stereocenters. The van der Waals surface area contributed by atoms with Crippen LogP contribution < -0.4 is 19.6 Å². The molecule has 0 fully saturated rings. The maximum atomic E-state index is 2.32. The van der Waals surface area contributed by atoms with Crippen molar-refractivity contribution in [2.24, 2.45) is 0 Å². The first-order valence-electron chi connectivity index (χ1n) is 24.6. The largest absolute Gasteiger partial charge is 0.311 e. The van der Waals surface area contributed by atoms with Gasteiger partial charge in [0, 0.05) is 68.2 Å². The average Bonchev–Trinajstić information content (AvgIpc) is 3.44. The van der Waals surface area contributed by atoms with Gasteiger partial charge in [-0.1, -0.05) is 146 Å². The smallest absolute Gasteiger partial charge is 0.0464 e. The Bertz CT molecular complexity index is 3250. The van der Waals surface area contributed by atoms with Crippen molar-refractivity contribution < 1.29 is 0 Å². The van der Waals surface area contributed by atoms with E-state index in [1.807, 2.05) is 0 Å². The fourth-order valence-electron chi connectivity index (χ4n) is 9.59. The lowest BCUT2D eigenvalue weighted by Crippen LogP contribution is -2.12. The molecule has 0 saturated heterocycles. The third-order valence-electron chi connectivity index (χ3n) is 13.1. The minimum Gasteiger partial charge on any atom is -0.311 e. The number of rotatable bonds is 14. The van der Waals surface area contributed by atoms with Crippen molar-refractivity contribution in [3.05, 3.63) is 302 Å². The van der Waals surface area contributed by atoms with Gasteiger partial charge < -0.3 is 19.6 Å². The molecule has 4 nitrogen and oxygen atoms in total. The zero-order valence-corrected chi connectivity index (χ0v) is 40.5. The monoisotopic (exact) mass is 926 g/mol. The second-order valence-electron chi connectivity index (χ2n) is 18.1. The summed E-state index contributed by atoms with van der Waals surface area (Å²) in [7, 11) is 0. The van der Waals surface area contributed by atoms with Gasteiger partial charge in [-0.25, -0.2) is 0 Å². The summed E-state index contributed by atoms with van der Waals surface area (Å²) in [5, 5.41) is 0. The molecule has 0 bridgehead atoms. The number of aryl methyl sites for hydroxylation is 2. The van der Waals surface area contributed by atoms with Crippen LogP contribution in [-0.2, 0) is 0 Å². The van der Waals surface area contributed by atoms with E-state index in [1.165, 1.54) is 22.3 Å². The third-order valence-corrected chi connectivity index (χ3v) is 13.1. The Balaban J connectivity index is 0.833. The van der Waals surface area contributed by atoms with Gasteiger partial charge in [0.05, 0.1) is 0 Å². The average molecular weight is 927 g/mol. The lowest BCUT2D eigenvalue weighted by molar-refractivity contribution is 1.25. The maximum Gasteiger partial charge on any atom is 0.0464 e. The van der Waals surface area contributed by atoms with Crippen molar-refractivity contribution in [1.82, 2.24) is 0 Å². The van der Waals surface area contributed by atoms with Crippen LogP contribution in [0.2, 0.25) is 0 Å². The molecule has 72 heavy (non-hydrogen) atoms. The fraction of sp³-hybridized carbons (Fsp3) is 0.0294. The first kappa shape index (κ1) is 45.1. The van der Waals surface area contributed by atoms with E-state index in [4.69, 9.17) is 0 Å². The van der Waals surface area contributed by atoms with Crippen LogP contribution in [0.25, 0.3) is 22.3 Å². The Morgan fingerprint density at radius 2 is 0.347 bits per heavy atom. The van der Waals surface area contributed by atoms with Crippen LogP contribution in [0.4, 0.5) is 68.2 Å². The van der Waals surface area contributed by atoms with Gasteiger partial charge in [0.2, 0.25) is 0 Å². The Morgan fingerprint density at radius 3 is 0.583 bits per heavy atom. The van der Waals surface area contributed by atoms with E-state index in [1.54, 1.807) is 0 Å². The van der Waals surface area contributed by atoms with Crippen molar-refractivity contribution in [1.29, 1.82) is 0 Å². The van der Waals surface area contributed by atoms with Gasteiger partial charge in [0.25, 0.3) is 0 Å². The molecule has 0 aromatic heterocycles. The summed E-state index contributed by atoms with van der Waals surface area (Å²) in [6, 6.07) is 104. The molecule has 0 aliphatic carbocycles. The van der Waals surface area contributed by atoms with Crippen LogP contribution in [0, 0.1) is 13.8 Å². The molecular weight excluding hydrogens is 873 g/mol. The Morgan fingerprint density at radius 1 is 0.167 bits per heavy atom. The summed E-state index contributed by atoms with van der Waals surface area (Å²) in [6.07, 6.45) is 0. The van der Waals surface area contributed by atoms with Gasteiger partial charge in [-0.2, -0.15) is 0 Å². The van der Waals surface area contributed by atoms with Crippen LogP contribution in [0.15, 0.2) is 291 Å². The summed E-state index contributed by atoms with van der Waals surface area (Å²) in [5.74, 6) is 0. The zero-order valence-electron chi connectivity index (χ0n) is 40.5. The Labute approximate surface area is 424 Å². The first-order chi connectivity index (χ1) is 35.5. The highest BCUT2D eigenvalue weighted by molar-refractivity contribution is 5.84. The lowest BCUT2D eigenvalue weighted by Gasteiger charge is -2.28. The molecule has 0 atom stereocenters. The number of hydrogen-bond acceptors (Lipinski definition) is 4. The molecule has 346 valence electrons. The molecule has 0 N–H and O–H groups in total. The summed E-state index contributed by atoms with van der Waals surface area (Å²) >= 11 is 0. The van der Waals surface area contributed by atoms with E-state index in [2.05, 4.69) is 325 Å². The summed E-state index contributed by atoms with van der Waals surface area (Å²) in [6.45, 7) is 4.28. The van der Waals surface area contributed by atoms with Gasteiger partial charge in [0.15, 0.2) is 0 Å². The van der Waals surface area contributed by atoms with Crippen LogP contribution in [-0.4, -0.2) is 0 Å². The molecule has 0 heterocycles. The van der Waals surface area contributed by atoms with Gasteiger partial charge in [0.1, 0.15) is 0 Å². The van der Waals surface area contributed by atoms with E-state index < -0.39 is 0 Å². The standard InChI is InChI=1S/C68H54N4/c1-51-17-15-27-67(49-51)71(59-23-11-5-12-24-59)65-45-41-63(42-46-65)69(57-19-7-3-8-20-57)61-37-33-55(34-38-61)53-29-31-54(32-30-53)56-35-39-62(40-36-56)70(58-21-9-4-10-22-58)64-43-47-66(48-44-64)72(60-25-13-6-14-26-60)68-28-16-18-52(2)50-68/h3-50H,1-2H3. The third kappa shape index (κ3) is 9.76. The quantitative estimate of drug-likeness (QED) is 0.108. The maximum absolute atomic E-state index is 2.32. The van der Waals surface area contributed by atoms with Crippen LogP contribution in [0.1, 0.15) is 11.1 Å². The topological polar surface area (TPSA) is 13.0 Å². The zero-order chi connectivity index (χ0) is 48.6. The highest BCUT2D eigenvalue weighted by Gasteiger charge is 2.19. The second-order valence-corrected chi connectivity index (χ2v) is 18.1. The molecular formula is C68H54N4. The lowest BCUT2D eigenvalue weighted by atomic mass is 9.99. The number of hydrogen-bond donors (Lipinski definition) is 0. The van der Waals surface area contributed by atoms with Crippen molar-refractivity contribution in [2.45, 2.75) is 13.8 Å². The van der Waals surface area contributed by atoms with E-state index in [9.17, 15) is 0 Å². The molecule has 4 heteroatoms. The summed E-state index contributed by atoms with van der Waals surface area (Å²) < 4.78 is 0. The van der Waals surface area contributed by atoms with Crippen LogP contribution in [0.5, 0.6) is 0 Å². The van der Waals surface area contributed by atoms with E-state index in [0.717, 1.165) is 79.4 Å². The minimum absolute atomic E-state index is 1.08. The molecule has 11 rings (SSSR count). The molecule has 0 radical (unpaired) electrons. The molecule has 0 aliphatic heterocycles. The summed E-state index contributed by atoms with van der Waals surface area (Å²) in [4.78, 5) is 9.26. The highest BCUT2D eigenvalue weighted by Crippen LogP contribution is 2.42. The molecule has 11 aromatic carbocycles. The highest BCUT2D eigenvalue weighted by atomic mass is 15.2. The molecule has 0 saturated carbocycles. The first-order valence-corrected chi connectivity index (χ1v) is 24.6. The number of para-hydroxylation sites is 4. The van der Waals surface area contributed by atoms with Crippen molar-refractivity contribution in [3.63, 3.8) is 0 Å². The second kappa shape index (κ2) is 20.7. The minimum atomic E-state index is 1.08. The van der Waals surface area contributed by atoms with Gasteiger partial charge in [-0.3, -0.25) is 0 Å². The molecule has 0 spiro atoms. The van der Waals surface area contributed by atoms with E-state index >= 15 is 0 Å². The summed E-state index contributed by atoms with van der Waals surface area (Å²) in [5.41, 5.74) is 20.3. The normalized spacial score (nSPS) is 10.9. The van der Waals surface area contributed by atoms with Gasteiger partial charge in [-0.05, 0) is 193 Å². The Hall–Kier alpha value is -9.38. The van der Waals surface area contributed by atoms with E-state index in [-0.39, 0.29) is 0 Å². The van der Waals surface area contributed by atoms with Gasteiger partial charge in [-0.15, -0.1) is 0 Å². The van der Waals surface area contributed by atoms with Gasteiger partial charge >= 0.3 is 0 Å². The van der Waals surface area contributed by atoms with Crippen molar-refractivity contribution in [3.8, 4) is 22.3 Å². The number of nitrogens with zero attached hydrogens (tertiary/aromatic N) is 4. The van der Waals surface area contributed by atoms with Crippen molar-refractivity contribution >= 4 is 68.2 Å². The molecule has 0 amide bonds. The van der Waals surface area contributed by atoms with Crippen LogP contribution in [0.3, 0.4) is 0 Å². The fourth-order valence-corrected chi connectivity index (χ4v) is 9.59. The molecule has 0 aliphatic rings. The predicted octanol–water partition coefficient (Wildman–Crippen LogP) is 19.5. The van der Waals surface area contributed by atoms with Crippen LogP contribution >= 0.6 is 0 Å².